The van der Waals surface area contributed by atoms with E-state index in [1.165, 1.54) is 6.07 Å². The van der Waals surface area contributed by atoms with E-state index < -0.39 is 5.97 Å². The first-order valence-corrected chi connectivity index (χ1v) is 3.94. The van der Waals surface area contributed by atoms with Crippen molar-refractivity contribution in [3.8, 4) is 0 Å². The van der Waals surface area contributed by atoms with Gasteiger partial charge in [0.05, 0.1) is 11.3 Å². The lowest BCUT2D eigenvalue weighted by Crippen LogP contribution is -2.22. The maximum absolute atomic E-state index is 10.8. The summed E-state index contributed by atoms with van der Waals surface area (Å²) in [5.74, 6) is -1.21. The highest BCUT2D eigenvalue weighted by Gasteiger charge is 2.08. The fourth-order valence-corrected chi connectivity index (χ4v) is 1.05. The number of benzene rings is 1. The van der Waals surface area contributed by atoms with Gasteiger partial charge in [-0.25, -0.2) is 9.79 Å². The van der Waals surface area contributed by atoms with Crippen molar-refractivity contribution in [3.05, 3.63) is 29.3 Å². The lowest BCUT2D eigenvalue weighted by atomic mass is 10.1. The van der Waals surface area contributed by atoms with E-state index >= 15 is 0 Å². The maximum atomic E-state index is 10.8. The van der Waals surface area contributed by atoms with Crippen molar-refractivity contribution in [2.75, 3.05) is 0 Å². The molecule has 0 saturated heterocycles. The van der Waals surface area contributed by atoms with Crippen LogP contribution in [0.2, 0.25) is 0 Å². The predicted octanol–water partition coefficient (Wildman–Crippen LogP) is 1.02. The maximum Gasteiger partial charge on any atom is 0.337 e. The molecule has 1 aromatic carbocycles. The monoisotopic (exact) mass is 229 g/mol. The Morgan fingerprint density at radius 3 is 2.47 bits per heavy atom. The van der Waals surface area contributed by atoms with Gasteiger partial charge < -0.3 is 16.6 Å². The number of carboxylic acids is 1. The average Bonchev–Trinajstić information content (AvgIpc) is 2.01. The first kappa shape index (κ1) is 13.2. The zero-order valence-corrected chi connectivity index (χ0v) is 8.91. The summed E-state index contributed by atoms with van der Waals surface area (Å²) >= 11 is 0. The summed E-state index contributed by atoms with van der Waals surface area (Å²) in [6, 6.07) is 4.78. The molecule has 0 aromatic heterocycles. The highest BCUT2D eigenvalue weighted by molar-refractivity contribution is 5.95. The summed E-state index contributed by atoms with van der Waals surface area (Å²) in [5.41, 5.74) is 11.6. The second-order valence-electron chi connectivity index (χ2n) is 2.86. The Kier molecular flexibility index (Phi) is 4.60. The second-order valence-corrected chi connectivity index (χ2v) is 2.86. The summed E-state index contributed by atoms with van der Waals surface area (Å²) < 4.78 is 0. The minimum Gasteiger partial charge on any atom is -0.478 e. The third-order valence-electron chi connectivity index (χ3n) is 1.63. The standard InChI is InChI=1S/C9H11N3O2.ClH/c1-5-2-3-6(8(13)14)7(4-5)12-9(10)11;/h2-4H,1H3,(H,13,14)(H4,10,11,12);1H. The lowest BCUT2D eigenvalue weighted by Gasteiger charge is -2.02. The van der Waals surface area contributed by atoms with E-state index in [1.54, 1.807) is 12.1 Å². The molecule has 15 heavy (non-hydrogen) atoms. The van der Waals surface area contributed by atoms with Crippen molar-refractivity contribution < 1.29 is 9.90 Å². The number of hydrogen-bond acceptors (Lipinski definition) is 2. The molecule has 0 radical (unpaired) electrons. The highest BCUT2D eigenvalue weighted by atomic mass is 35.5. The van der Waals surface area contributed by atoms with Gasteiger partial charge in [-0.1, -0.05) is 6.07 Å². The molecule has 1 rings (SSSR count). The first-order valence-electron chi connectivity index (χ1n) is 3.94. The molecule has 0 saturated carbocycles. The molecular weight excluding hydrogens is 218 g/mol. The molecule has 0 bridgehead atoms. The summed E-state index contributed by atoms with van der Waals surface area (Å²) in [4.78, 5) is 14.5. The Labute approximate surface area is 93.2 Å². The molecule has 0 aliphatic carbocycles. The number of aliphatic imine (C=N–C) groups is 1. The van der Waals surface area contributed by atoms with Gasteiger partial charge >= 0.3 is 5.97 Å². The van der Waals surface area contributed by atoms with Gasteiger partial charge in [-0.15, -0.1) is 12.4 Å². The minimum absolute atomic E-state index is 0. The Balaban J connectivity index is 0.00000196. The Morgan fingerprint density at radius 2 is 2.00 bits per heavy atom. The summed E-state index contributed by atoms with van der Waals surface area (Å²) in [6.07, 6.45) is 0. The second kappa shape index (κ2) is 5.21. The van der Waals surface area contributed by atoms with Crippen molar-refractivity contribution >= 4 is 30.0 Å². The van der Waals surface area contributed by atoms with Crippen LogP contribution in [0.1, 0.15) is 15.9 Å². The molecule has 5 nitrogen and oxygen atoms in total. The predicted molar refractivity (Wildman–Crippen MR) is 60.9 cm³/mol. The topological polar surface area (TPSA) is 102 Å². The highest BCUT2D eigenvalue weighted by Crippen LogP contribution is 2.20. The molecule has 5 N–H and O–H groups in total. The van der Waals surface area contributed by atoms with Gasteiger partial charge in [-0.3, -0.25) is 0 Å². The van der Waals surface area contributed by atoms with Crippen LogP contribution in [0.25, 0.3) is 0 Å². The summed E-state index contributed by atoms with van der Waals surface area (Å²) in [5, 5.41) is 8.82. The molecule has 0 spiro atoms. The van der Waals surface area contributed by atoms with Crippen molar-refractivity contribution in [2.24, 2.45) is 16.5 Å². The van der Waals surface area contributed by atoms with Crippen LogP contribution in [0.15, 0.2) is 23.2 Å². The number of aryl methyl sites for hydroxylation is 1. The number of hydrogen-bond donors (Lipinski definition) is 3. The molecule has 0 aliphatic heterocycles. The molecule has 0 unspecified atom stereocenters. The number of rotatable bonds is 2. The van der Waals surface area contributed by atoms with E-state index in [1.807, 2.05) is 6.92 Å². The number of aromatic carboxylic acids is 1. The molecule has 1 aromatic rings. The molecular formula is C9H12ClN3O2. The van der Waals surface area contributed by atoms with Crippen molar-refractivity contribution in [2.45, 2.75) is 6.92 Å². The Bertz CT molecular complexity index is 400. The largest absolute Gasteiger partial charge is 0.478 e. The molecule has 82 valence electrons. The van der Waals surface area contributed by atoms with Gasteiger partial charge in [0, 0.05) is 0 Å². The Morgan fingerprint density at radius 1 is 1.40 bits per heavy atom. The van der Waals surface area contributed by atoms with Gasteiger partial charge in [0.15, 0.2) is 5.96 Å². The number of guanidine groups is 1. The number of nitrogens with two attached hydrogens (primary N) is 2. The van der Waals surface area contributed by atoms with Crippen LogP contribution in [0.3, 0.4) is 0 Å². The van der Waals surface area contributed by atoms with Gasteiger partial charge in [-0.05, 0) is 24.6 Å². The van der Waals surface area contributed by atoms with Crippen LogP contribution in [0.5, 0.6) is 0 Å². The van der Waals surface area contributed by atoms with E-state index in [2.05, 4.69) is 4.99 Å². The van der Waals surface area contributed by atoms with E-state index in [0.29, 0.717) is 0 Å². The SMILES string of the molecule is Cc1ccc(C(=O)O)c(N=C(N)N)c1.Cl. The summed E-state index contributed by atoms with van der Waals surface area (Å²) in [6.45, 7) is 1.83. The molecule has 0 atom stereocenters. The first-order chi connectivity index (χ1) is 6.50. The van der Waals surface area contributed by atoms with E-state index in [-0.39, 0.29) is 29.6 Å². The van der Waals surface area contributed by atoms with E-state index in [4.69, 9.17) is 16.6 Å². The van der Waals surface area contributed by atoms with Gasteiger partial charge in [0.1, 0.15) is 0 Å². The quantitative estimate of drug-likeness (QED) is 0.520. The van der Waals surface area contributed by atoms with Crippen LogP contribution < -0.4 is 11.5 Å². The van der Waals surface area contributed by atoms with Crippen LogP contribution >= 0.6 is 12.4 Å². The van der Waals surface area contributed by atoms with Crippen molar-refractivity contribution in [1.29, 1.82) is 0 Å². The fraction of sp³-hybridized carbons (Fsp3) is 0.111. The van der Waals surface area contributed by atoms with Crippen LogP contribution in [0, 0.1) is 6.92 Å². The smallest absolute Gasteiger partial charge is 0.337 e. The third kappa shape index (κ3) is 3.47. The molecule has 0 fully saturated rings. The molecule has 6 heteroatoms. The average molecular weight is 230 g/mol. The van der Waals surface area contributed by atoms with Gasteiger partial charge in [0.25, 0.3) is 0 Å². The Hall–Kier alpha value is -1.75. The molecule has 0 amide bonds. The summed E-state index contributed by atoms with van der Waals surface area (Å²) in [7, 11) is 0. The van der Waals surface area contributed by atoms with Gasteiger partial charge in [0.2, 0.25) is 0 Å². The minimum atomic E-state index is -1.05. The van der Waals surface area contributed by atoms with Crippen molar-refractivity contribution in [3.63, 3.8) is 0 Å². The van der Waals surface area contributed by atoms with E-state index in [0.717, 1.165) is 5.56 Å². The fourth-order valence-electron chi connectivity index (χ4n) is 1.05. The lowest BCUT2D eigenvalue weighted by molar-refractivity contribution is 0.0698. The zero-order chi connectivity index (χ0) is 10.7. The molecule has 0 heterocycles. The van der Waals surface area contributed by atoms with E-state index in [9.17, 15) is 4.79 Å². The zero-order valence-electron chi connectivity index (χ0n) is 8.10. The normalized spacial score (nSPS) is 8.87. The van der Waals surface area contributed by atoms with Gasteiger partial charge in [-0.2, -0.15) is 0 Å². The third-order valence-corrected chi connectivity index (χ3v) is 1.63. The number of carbonyl (C=O) groups is 1. The van der Waals surface area contributed by atoms with Crippen LogP contribution in [-0.4, -0.2) is 17.0 Å². The number of carboxylic acid groups (broad SMARTS) is 1. The number of nitrogens with zero attached hydrogens (tertiary/aromatic N) is 1. The molecule has 0 aliphatic rings. The number of halogens is 1. The van der Waals surface area contributed by atoms with Crippen LogP contribution in [-0.2, 0) is 0 Å². The van der Waals surface area contributed by atoms with Crippen LogP contribution in [0.4, 0.5) is 5.69 Å². The van der Waals surface area contributed by atoms with Crippen molar-refractivity contribution in [1.82, 2.24) is 0 Å².